The molecule has 0 aromatic heterocycles. The third-order valence-corrected chi connectivity index (χ3v) is 1.97. The van der Waals surface area contributed by atoms with Crippen molar-refractivity contribution in [3.05, 3.63) is 35.9 Å². The number of carbonyl (C=O) groups excluding carboxylic acids is 1. The van der Waals surface area contributed by atoms with Crippen LogP contribution in [0.25, 0.3) is 0 Å². The summed E-state index contributed by atoms with van der Waals surface area (Å²) in [5, 5.41) is -0.497. The van der Waals surface area contributed by atoms with Crippen LogP contribution in [0.5, 0.6) is 0 Å². The minimum Gasteiger partial charge on any atom is -0.368 e. The third kappa shape index (κ3) is 7.26. The molecule has 0 saturated carbocycles. The number of alkyl halides is 3. The van der Waals surface area contributed by atoms with Gasteiger partial charge in [0, 0.05) is 14.2 Å². The zero-order chi connectivity index (χ0) is 14.2. The van der Waals surface area contributed by atoms with Crippen LogP contribution < -0.4 is 0 Å². The van der Waals surface area contributed by atoms with Crippen LogP contribution in [0.1, 0.15) is 11.7 Å². The van der Waals surface area contributed by atoms with Gasteiger partial charge in [-0.2, -0.15) is 0 Å². The highest BCUT2D eigenvalue weighted by Gasteiger charge is 2.25. The fourth-order valence-electron chi connectivity index (χ4n) is 0.988. The molecule has 18 heavy (non-hydrogen) atoms. The maximum Gasteiger partial charge on any atom is 0.522 e. The van der Waals surface area contributed by atoms with Gasteiger partial charge >= 0.3 is 6.36 Å². The molecule has 0 heterocycles. The summed E-state index contributed by atoms with van der Waals surface area (Å²) in [5.41, 5.74) is 0.778. The second-order valence-electron chi connectivity index (χ2n) is 2.98. The smallest absolute Gasteiger partial charge is 0.368 e. The van der Waals surface area contributed by atoms with Gasteiger partial charge in [0.05, 0.1) is 0 Å². The van der Waals surface area contributed by atoms with Crippen molar-refractivity contribution < 1.29 is 27.4 Å². The van der Waals surface area contributed by atoms with E-state index in [4.69, 9.17) is 16.3 Å². The van der Waals surface area contributed by atoms with Crippen LogP contribution in [0.15, 0.2) is 30.3 Å². The number of rotatable bonds is 3. The molecule has 1 aromatic carbocycles. The van der Waals surface area contributed by atoms with Gasteiger partial charge in [-0.3, -0.25) is 9.53 Å². The van der Waals surface area contributed by atoms with E-state index in [1.54, 1.807) is 12.1 Å². The maximum absolute atomic E-state index is 10.8. The second kappa shape index (κ2) is 8.07. The number of methoxy groups -OCH3 is 2. The van der Waals surface area contributed by atoms with Crippen LogP contribution in [0.3, 0.4) is 0 Å². The van der Waals surface area contributed by atoms with E-state index < -0.39 is 17.7 Å². The number of carbonyl (C=O) groups is 1. The summed E-state index contributed by atoms with van der Waals surface area (Å²) in [6.07, 6.45) is -5.10. The molecule has 0 spiro atoms. The van der Waals surface area contributed by atoms with Crippen molar-refractivity contribution in [2.75, 3.05) is 14.2 Å². The number of hydrogen-bond donors (Lipinski definition) is 0. The standard InChI is InChI=1S/C9H9ClO2.C2H3F3O/c1-12-8(9(10)11)7-5-3-2-4-6-7;1-6-2(3,4)5/h2-6,8H,1H3;1H3. The lowest BCUT2D eigenvalue weighted by molar-refractivity contribution is -0.311. The highest BCUT2D eigenvalue weighted by Crippen LogP contribution is 2.18. The highest BCUT2D eigenvalue weighted by atomic mass is 35.5. The SMILES string of the molecule is COC(C(=O)Cl)c1ccccc1.COC(F)(F)F. The minimum atomic E-state index is -4.46. The van der Waals surface area contributed by atoms with Crippen LogP contribution in [-0.4, -0.2) is 25.8 Å². The summed E-state index contributed by atoms with van der Waals surface area (Å²) in [4.78, 5) is 10.8. The molecule has 0 aliphatic heterocycles. The Morgan fingerprint density at radius 2 is 1.67 bits per heavy atom. The Morgan fingerprint density at radius 1 is 1.22 bits per heavy atom. The summed E-state index contributed by atoms with van der Waals surface area (Å²) < 4.78 is 39.5. The highest BCUT2D eigenvalue weighted by molar-refractivity contribution is 6.64. The first-order chi connectivity index (χ1) is 8.31. The molecule has 0 saturated heterocycles. The van der Waals surface area contributed by atoms with Crippen LogP contribution in [0.4, 0.5) is 13.2 Å². The van der Waals surface area contributed by atoms with Crippen LogP contribution in [-0.2, 0) is 14.3 Å². The molecule has 0 fully saturated rings. The van der Waals surface area contributed by atoms with E-state index in [1.165, 1.54) is 7.11 Å². The van der Waals surface area contributed by atoms with E-state index in [2.05, 4.69) is 4.74 Å². The van der Waals surface area contributed by atoms with Gasteiger partial charge in [0.2, 0.25) is 0 Å². The van der Waals surface area contributed by atoms with Crippen molar-refractivity contribution in [2.45, 2.75) is 12.5 Å². The zero-order valence-electron chi connectivity index (χ0n) is 9.70. The predicted molar refractivity (Wildman–Crippen MR) is 60.1 cm³/mol. The van der Waals surface area contributed by atoms with Gasteiger partial charge in [-0.15, -0.1) is 13.2 Å². The van der Waals surface area contributed by atoms with Crippen molar-refractivity contribution in [2.24, 2.45) is 0 Å². The summed E-state index contributed by atoms with van der Waals surface area (Å²) >= 11 is 5.31. The average molecular weight is 285 g/mol. The molecule has 1 unspecified atom stereocenters. The molecule has 0 aliphatic carbocycles. The van der Waals surface area contributed by atoms with E-state index in [-0.39, 0.29) is 0 Å². The molecule has 0 aliphatic rings. The van der Waals surface area contributed by atoms with Crippen molar-refractivity contribution in [1.29, 1.82) is 0 Å². The molecule has 0 radical (unpaired) electrons. The number of halogens is 4. The normalized spacial score (nSPS) is 12.3. The van der Waals surface area contributed by atoms with Gasteiger partial charge < -0.3 is 4.74 Å². The summed E-state index contributed by atoms with van der Waals surface area (Å²) in [6.45, 7) is 0. The Balaban J connectivity index is 0.000000411. The van der Waals surface area contributed by atoms with E-state index >= 15 is 0 Å². The summed E-state index contributed by atoms with van der Waals surface area (Å²) in [5.74, 6) is 0. The first kappa shape index (κ1) is 16.9. The number of hydrogen-bond acceptors (Lipinski definition) is 3. The topological polar surface area (TPSA) is 35.5 Å². The summed E-state index contributed by atoms with van der Waals surface area (Å²) in [6, 6.07) is 9.14. The molecule has 7 heteroatoms. The van der Waals surface area contributed by atoms with Crippen molar-refractivity contribution >= 4 is 16.8 Å². The Labute approximate surface area is 107 Å². The third-order valence-electron chi connectivity index (χ3n) is 1.78. The van der Waals surface area contributed by atoms with Gasteiger partial charge in [0.1, 0.15) is 0 Å². The Morgan fingerprint density at radius 3 is 1.94 bits per heavy atom. The molecular weight excluding hydrogens is 273 g/mol. The molecule has 3 nitrogen and oxygen atoms in total. The van der Waals surface area contributed by atoms with Gasteiger partial charge in [0.25, 0.3) is 5.24 Å². The van der Waals surface area contributed by atoms with Crippen molar-refractivity contribution in [3.63, 3.8) is 0 Å². The first-order valence-corrected chi connectivity index (χ1v) is 5.08. The lowest BCUT2D eigenvalue weighted by Crippen LogP contribution is -2.08. The average Bonchev–Trinajstić information content (AvgIpc) is 2.31. The van der Waals surface area contributed by atoms with E-state index in [9.17, 15) is 18.0 Å². The Bertz CT molecular complexity index is 354. The Kier molecular flexibility index (Phi) is 7.58. The molecule has 1 rings (SSSR count). The predicted octanol–water partition coefficient (Wildman–Crippen LogP) is 3.29. The van der Waals surface area contributed by atoms with E-state index in [0.717, 1.165) is 5.56 Å². The molecular formula is C11H12ClF3O3. The molecule has 102 valence electrons. The fraction of sp³-hybridized carbons (Fsp3) is 0.364. The van der Waals surface area contributed by atoms with Gasteiger partial charge in [0.15, 0.2) is 6.10 Å². The first-order valence-electron chi connectivity index (χ1n) is 4.70. The van der Waals surface area contributed by atoms with Crippen molar-refractivity contribution in [3.8, 4) is 0 Å². The fourth-order valence-corrected chi connectivity index (χ4v) is 1.20. The largest absolute Gasteiger partial charge is 0.522 e. The van der Waals surface area contributed by atoms with Gasteiger partial charge in [-0.05, 0) is 17.2 Å². The maximum atomic E-state index is 10.8. The van der Waals surface area contributed by atoms with Crippen LogP contribution >= 0.6 is 11.6 Å². The molecule has 1 atom stereocenters. The zero-order valence-corrected chi connectivity index (χ0v) is 10.5. The monoisotopic (exact) mass is 284 g/mol. The number of benzene rings is 1. The van der Waals surface area contributed by atoms with Gasteiger partial charge in [-0.25, -0.2) is 0 Å². The lowest BCUT2D eigenvalue weighted by Gasteiger charge is -2.09. The minimum absolute atomic E-state index is 0.497. The van der Waals surface area contributed by atoms with Crippen molar-refractivity contribution in [1.82, 2.24) is 0 Å². The van der Waals surface area contributed by atoms with Crippen LogP contribution in [0, 0.1) is 0 Å². The Hall–Kier alpha value is -1.11. The molecule has 0 N–H and O–H groups in total. The second-order valence-corrected chi connectivity index (χ2v) is 3.35. The lowest BCUT2D eigenvalue weighted by atomic mass is 10.1. The van der Waals surface area contributed by atoms with E-state index in [1.807, 2.05) is 18.2 Å². The number of ether oxygens (including phenoxy) is 2. The summed E-state index contributed by atoms with van der Waals surface area (Å²) in [7, 11) is 2.04. The van der Waals surface area contributed by atoms with E-state index in [0.29, 0.717) is 7.11 Å². The molecule has 0 amide bonds. The molecule has 0 bridgehead atoms. The molecule has 1 aromatic rings. The van der Waals surface area contributed by atoms with Gasteiger partial charge in [-0.1, -0.05) is 30.3 Å². The quantitative estimate of drug-likeness (QED) is 0.799. The van der Waals surface area contributed by atoms with Crippen LogP contribution in [0.2, 0.25) is 0 Å².